The zero-order valence-electron chi connectivity index (χ0n) is 17.1. The van der Waals surface area contributed by atoms with Gasteiger partial charge in [-0.1, -0.05) is 11.6 Å². The Kier molecular flexibility index (Phi) is 7.12. The molecular formula is C21H25ClN4O4. The van der Waals surface area contributed by atoms with Crippen LogP contribution < -0.4 is 16.0 Å². The number of halogens is 1. The molecule has 3 rings (SSSR count). The molecular weight excluding hydrogens is 408 g/mol. The lowest BCUT2D eigenvalue weighted by Gasteiger charge is -2.34. The first-order chi connectivity index (χ1) is 14.3. The van der Waals surface area contributed by atoms with Crippen molar-refractivity contribution >= 4 is 23.6 Å². The van der Waals surface area contributed by atoms with E-state index in [0.29, 0.717) is 30.3 Å². The minimum absolute atomic E-state index is 0.150. The summed E-state index contributed by atoms with van der Waals surface area (Å²) >= 11 is 5.86. The number of rotatable bonds is 6. The number of hydrogen-bond donors (Lipinski definition) is 0. The molecule has 0 atom stereocenters. The number of amides is 1. The molecule has 1 fully saturated rings. The van der Waals surface area contributed by atoms with Gasteiger partial charge in [0.15, 0.2) is 0 Å². The Morgan fingerprint density at radius 3 is 2.43 bits per heavy atom. The summed E-state index contributed by atoms with van der Waals surface area (Å²) in [6.07, 6.45) is 4.30. The van der Waals surface area contributed by atoms with Gasteiger partial charge in [-0.15, -0.1) is 0 Å². The van der Waals surface area contributed by atoms with Gasteiger partial charge >= 0.3 is 5.69 Å². The molecule has 0 bridgehead atoms. The fourth-order valence-corrected chi connectivity index (χ4v) is 3.36. The Morgan fingerprint density at radius 2 is 1.77 bits per heavy atom. The van der Waals surface area contributed by atoms with Gasteiger partial charge in [0.25, 0.3) is 5.56 Å². The Hall–Kier alpha value is -2.84. The van der Waals surface area contributed by atoms with E-state index in [-0.39, 0.29) is 5.91 Å². The van der Waals surface area contributed by atoms with E-state index in [0.717, 1.165) is 30.0 Å². The van der Waals surface area contributed by atoms with Crippen molar-refractivity contribution in [3.63, 3.8) is 0 Å². The number of carbonyl (C=O) groups excluding carboxylic acids is 1. The molecule has 1 amide bonds. The average molecular weight is 433 g/mol. The second kappa shape index (κ2) is 9.77. The van der Waals surface area contributed by atoms with Gasteiger partial charge in [-0.25, -0.2) is 4.79 Å². The summed E-state index contributed by atoms with van der Waals surface area (Å²) in [4.78, 5) is 40.3. The van der Waals surface area contributed by atoms with E-state index in [4.69, 9.17) is 16.3 Å². The smallest absolute Gasteiger partial charge is 0.330 e. The molecule has 1 aliphatic rings. The molecule has 1 saturated heterocycles. The van der Waals surface area contributed by atoms with Crippen LogP contribution in [0.1, 0.15) is 5.56 Å². The van der Waals surface area contributed by atoms with E-state index < -0.39 is 11.2 Å². The molecule has 1 aliphatic heterocycles. The van der Waals surface area contributed by atoms with Crippen molar-refractivity contribution < 1.29 is 9.53 Å². The number of piperazine rings is 1. The molecule has 0 unspecified atom stereocenters. The van der Waals surface area contributed by atoms with Crippen molar-refractivity contribution in [2.24, 2.45) is 14.1 Å². The number of aromatic nitrogens is 2. The molecule has 0 saturated carbocycles. The van der Waals surface area contributed by atoms with E-state index in [1.165, 1.54) is 30.0 Å². The van der Waals surface area contributed by atoms with Crippen LogP contribution in [-0.4, -0.2) is 64.2 Å². The molecule has 0 spiro atoms. The fourth-order valence-electron chi connectivity index (χ4n) is 3.23. The van der Waals surface area contributed by atoms with Crippen molar-refractivity contribution in [2.75, 3.05) is 39.3 Å². The Morgan fingerprint density at radius 1 is 1.10 bits per heavy atom. The Labute approximate surface area is 179 Å². The second-order valence-corrected chi connectivity index (χ2v) is 7.58. The predicted molar refractivity (Wildman–Crippen MR) is 116 cm³/mol. The van der Waals surface area contributed by atoms with Crippen LogP contribution in [0, 0.1) is 0 Å². The van der Waals surface area contributed by atoms with E-state index in [9.17, 15) is 14.4 Å². The topological polar surface area (TPSA) is 76.8 Å². The maximum Gasteiger partial charge on any atom is 0.330 e. The monoisotopic (exact) mass is 432 g/mol. The highest BCUT2D eigenvalue weighted by atomic mass is 35.5. The van der Waals surface area contributed by atoms with Crippen LogP contribution in [0.25, 0.3) is 6.08 Å². The zero-order valence-corrected chi connectivity index (χ0v) is 17.8. The molecule has 30 heavy (non-hydrogen) atoms. The van der Waals surface area contributed by atoms with Crippen molar-refractivity contribution in [3.8, 4) is 5.75 Å². The lowest BCUT2D eigenvalue weighted by molar-refractivity contribution is -0.127. The first-order valence-electron chi connectivity index (χ1n) is 9.69. The van der Waals surface area contributed by atoms with E-state index in [2.05, 4.69) is 4.90 Å². The quantitative estimate of drug-likeness (QED) is 0.636. The van der Waals surface area contributed by atoms with Crippen molar-refractivity contribution in [2.45, 2.75) is 0 Å². The maximum atomic E-state index is 12.5. The Bertz CT molecular complexity index is 1030. The Balaban J connectivity index is 1.47. The molecule has 1 aromatic heterocycles. The lowest BCUT2D eigenvalue weighted by Crippen LogP contribution is -2.49. The van der Waals surface area contributed by atoms with Crippen LogP contribution in [0.15, 0.2) is 46.1 Å². The van der Waals surface area contributed by atoms with Crippen LogP contribution in [0.3, 0.4) is 0 Å². The maximum absolute atomic E-state index is 12.5. The van der Waals surface area contributed by atoms with Crippen molar-refractivity contribution in [3.05, 3.63) is 68.0 Å². The van der Waals surface area contributed by atoms with Crippen LogP contribution in [0.2, 0.25) is 5.02 Å². The number of nitrogens with zero attached hydrogens (tertiary/aromatic N) is 4. The second-order valence-electron chi connectivity index (χ2n) is 7.14. The predicted octanol–water partition coefficient (Wildman–Crippen LogP) is 0.974. The molecule has 9 heteroatoms. The van der Waals surface area contributed by atoms with Crippen LogP contribution in [-0.2, 0) is 18.9 Å². The first-order valence-corrected chi connectivity index (χ1v) is 10.1. The average Bonchev–Trinajstić information content (AvgIpc) is 2.75. The van der Waals surface area contributed by atoms with Crippen molar-refractivity contribution in [1.82, 2.24) is 18.9 Å². The molecule has 2 aromatic rings. The highest BCUT2D eigenvalue weighted by molar-refractivity contribution is 6.30. The van der Waals surface area contributed by atoms with E-state index in [1.807, 2.05) is 12.1 Å². The summed E-state index contributed by atoms with van der Waals surface area (Å²) in [5, 5.41) is 0.675. The summed E-state index contributed by atoms with van der Waals surface area (Å²) in [5.41, 5.74) is -0.529. The minimum atomic E-state index is -0.423. The summed E-state index contributed by atoms with van der Waals surface area (Å²) in [5.74, 6) is 0.630. The normalized spacial score (nSPS) is 15.0. The van der Waals surface area contributed by atoms with Gasteiger partial charge in [0.05, 0.1) is 5.56 Å². The van der Waals surface area contributed by atoms with Crippen LogP contribution in [0.4, 0.5) is 0 Å². The van der Waals surface area contributed by atoms with Gasteiger partial charge in [0.2, 0.25) is 5.91 Å². The molecule has 0 aliphatic carbocycles. The summed E-state index contributed by atoms with van der Waals surface area (Å²) in [6.45, 7) is 4.06. The summed E-state index contributed by atoms with van der Waals surface area (Å²) in [7, 11) is 2.98. The summed E-state index contributed by atoms with van der Waals surface area (Å²) < 4.78 is 8.06. The van der Waals surface area contributed by atoms with Gasteiger partial charge in [-0.05, 0) is 30.3 Å². The number of aryl methyl sites for hydroxylation is 1. The number of hydrogen-bond acceptors (Lipinski definition) is 5. The zero-order chi connectivity index (χ0) is 21.7. The molecule has 8 nitrogen and oxygen atoms in total. The summed E-state index contributed by atoms with van der Waals surface area (Å²) in [6, 6.07) is 7.26. The van der Waals surface area contributed by atoms with Crippen LogP contribution in [0.5, 0.6) is 5.75 Å². The third-order valence-electron chi connectivity index (χ3n) is 5.05. The van der Waals surface area contributed by atoms with Gasteiger partial charge in [-0.3, -0.25) is 19.1 Å². The minimum Gasteiger partial charge on any atom is -0.492 e. The first kappa shape index (κ1) is 21.9. The molecule has 0 N–H and O–H groups in total. The molecule has 0 radical (unpaired) electrons. The van der Waals surface area contributed by atoms with Crippen LogP contribution >= 0.6 is 11.6 Å². The van der Waals surface area contributed by atoms with Gasteiger partial charge in [-0.2, -0.15) is 0 Å². The van der Waals surface area contributed by atoms with E-state index in [1.54, 1.807) is 24.1 Å². The van der Waals surface area contributed by atoms with Gasteiger partial charge in [0, 0.05) is 64.1 Å². The van der Waals surface area contributed by atoms with Gasteiger partial charge < -0.3 is 14.2 Å². The highest BCUT2D eigenvalue weighted by Gasteiger charge is 2.19. The van der Waals surface area contributed by atoms with Crippen molar-refractivity contribution in [1.29, 1.82) is 0 Å². The van der Waals surface area contributed by atoms with E-state index >= 15 is 0 Å². The fraction of sp³-hybridized carbons (Fsp3) is 0.381. The molecule has 1 aromatic carbocycles. The number of benzene rings is 1. The SMILES string of the molecule is Cn1cc(C=CC(=O)N2CCN(CCOc3ccc(Cl)cc3)CC2)c(=O)n(C)c1=O. The highest BCUT2D eigenvalue weighted by Crippen LogP contribution is 2.15. The third kappa shape index (κ3) is 5.40. The third-order valence-corrected chi connectivity index (χ3v) is 5.30. The number of carbonyl (C=O) groups is 1. The molecule has 2 heterocycles. The number of ether oxygens (including phenoxy) is 1. The lowest BCUT2D eigenvalue weighted by atomic mass is 10.2. The molecule has 160 valence electrons. The largest absolute Gasteiger partial charge is 0.492 e. The van der Waals surface area contributed by atoms with Gasteiger partial charge in [0.1, 0.15) is 12.4 Å². The standard InChI is InChI=1S/C21H25ClN4O4/c1-23-15-16(20(28)24(2)21(23)29)3-8-19(27)26-11-9-25(10-12-26)13-14-30-18-6-4-17(22)5-7-18/h3-8,15H,9-14H2,1-2H3.